The molecule has 2 aromatic carbocycles. The third kappa shape index (κ3) is 4.34. The SMILES string of the molecule is O=S(=O)(Nc1ccc(NCc2ccccn2)cc1)c1ccc2c(c1)CCCC2. The summed E-state index contributed by atoms with van der Waals surface area (Å²) in [4.78, 5) is 4.59. The molecule has 0 spiro atoms. The van der Waals surface area contributed by atoms with E-state index in [0.29, 0.717) is 17.1 Å². The Hall–Kier alpha value is -2.86. The van der Waals surface area contributed by atoms with Crippen molar-refractivity contribution in [3.8, 4) is 0 Å². The first-order chi connectivity index (χ1) is 13.6. The van der Waals surface area contributed by atoms with Crippen molar-refractivity contribution >= 4 is 21.4 Å². The number of aromatic nitrogens is 1. The summed E-state index contributed by atoms with van der Waals surface area (Å²) in [6.45, 7) is 0.612. The second-order valence-corrected chi connectivity index (χ2v) is 8.68. The minimum atomic E-state index is -3.60. The largest absolute Gasteiger partial charge is 0.379 e. The highest BCUT2D eigenvalue weighted by molar-refractivity contribution is 7.92. The first kappa shape index (κ1) is 18.5. The van der Waals surface area contributed by atoms with Crippen LogP contribution in [0.1, 0.15) is 29.7 Å². The molecule has 0 radical (unpaired) electrons. The zero-order valence-corrected chi connectivity index (χ0v) is 16.4. The van der Waals surface area contributed by atoms with Crippen LogP contribution in [0.15, 0.2) is 71.8 Å². The predicted molar refractivity (Wildman–Crippen MR) is 112 cm³/mol. The Kier molecular flexibility index (Phi) is 5.30. The summed E-state index contributed by atoms with van der Waals surface area (Å²) in [5.41, 5.74) is 4.82. The van der Waals surface area contributed by atoms with E-state index in [9.17, 15) is 8.42 Å². The molecule has 0 fully saturated rings. The summed E-state index contributed by atoms with van der Waals surface area (Å²) >= 11 is 0. The maximum absolute atomic E-state index is 12.7. The smallest absolute Gasteiger partial charge is 0.261 e. The Balaban J connectivity index is 1.43. The van der Waals surface area contributed by atoms with Gasteiger partial charge in [0.2, 0.25) is 0 Å². The lowest BCUT2D eigenvalue weighted by Crippen LogP contribution is -2.14. The second kappa shape index (κ2) is 8.02. The van der Waals surface area contributed by atoms with Crippen molar-refractivity contribution < 1.29 is 8.42 Å². The molecule has 6 heteroatoms. The minimum absolute atomic E-state index is 0.325. The van der Waals surface area contributed by atoms with Gasteiger partial charge >= 0.3 is 0 Å². The fraction of sp³-hybridized carbons (Fsp3) is 0.227. The zero-order chi connectivity index (χ0) is 19.4. The van der Waals surface area contributed by atoms with Gasteiger partial charge in [-0.2, -0.15) is 0 Å². The van der Waals surface area contributed by atoms with E-state index in [-0.39, 0.29) is 0 Å². The van der Waals surface area contributed by atoms with Gasteiger partial charge in [-0.3, -0.25) is 9.71 Å². The van der Waals surface area contributed by atoms with Gasteiger partial charge in [-0.1, -0.05) is 12.1 Å². The van der Waals surface area contributed by atoms with E-state index >= 15 is 0 Å². The van der Waals surface area contributed by atoms with Crippen molar-refractivity contribution in [2.75, 3.05) is 10.0 Å². The van der Waals surface area contributed by atoms with Crippen molar-refractivity contribution in [3.05, 3.63) is 83.7 Å². The number of pyridine rings is 1. The molecule has 0 saturated heterocycles. The van der Waals surface area contributed by atoms with Crippen LogP contribution in [-0.4, -0.2) is 13.4 Å². The molecule has 1 aliphatic carbocycles. The molecule has 1 aliphatic rings. The molecule has 28 heavy (non-hydrogen) atoms. The molecule has 5 nitrogen and oxygen atoms in total. The fourth-order valence-electron chi connectivity index (χ4n) is 3.44. The van der Waals surface area contributed by atoms with E-state index in [2.05, 4.69) is 15.0 Å². The molecule has 0 unspecified atom stereocenters. The lowest BCUT2D eigenvalue weighted by atomic mass is 9.92. The number of fused-ring (bicyclic) bond motifs is 1. The molecule has 0 atom stereocenters. The van der Waals surface area contributed by atoms with Crippen LogP contribution in [0, 0.1) is 0 Å². The standard InChI is InChI=1S/C22H23N3O2S/c26-28(27,22-13-8-17-5-1-2-6-18(17)15-22)25-20-11-9-19(10-12-20)24-16-21-7-3-4-14-23-21/h3-4,7-15,24-25H,1-2,5-6,16H2. The average molecular weight is 394 g/mol. The summed E-state index contributed by atoms with van der Waals surface area (Å²) < 4.78 is 28.2. The van der Waals surface area contributed by atoms with E-state index < -0.39 is 10.0 Å². The van der Waals surface area contributed by atoms with Crippen LogP contribution < -0.4 is 10.0 Å². The van der Waals surface area contributed by atoms with E-state index in [0.717, 1.165) is 36.2 Å². The Morgan fingerprint density at radius 1 is 0.857 bits per heavy atom. The molecule has 0 aliphatic heterocycles. The molecule has 1 heterocycles. The van der Waals surface area contributed by atoms with Crippen LogP contribution in [0.3, 0.4) is 0 Å². The summed E-state index contributed by atoms with van der Waals surface area (Å²) in [5.74, 6) is 0. The van der Waals surface area contributed by atoms with E-state index in [4.69, 9.17) is 0 Å². The molecule has 0 amide bonds. The third-order valence-corrected chi connectivity index (χ3v) is 6.35. The summed E-state index contributed by atoms with van der Waals surface area (Å²) in [6.07, 6.45) is 6.05. The number of rotatable bonds is 6. The van der Waals surface area contributed by atoms with E-state index in [1.165, 1.54) is 12.0 Å². The maximum atomic E-state index is 12.7. The van der Waals surface area contributed by atoms with Gasteiger partial charge in [-0.25, -0.2) is 8.42 Å². The molecule has 2 N–H and O–H groups in total. The van der Waals surface area contributed by atoms with Gasteiger partial charge in [-0.05, 0) is 85.3 Å². The first-order valence-electron chi connectivity index (χ1n) is 9.49. The number of benzene rings is 2. The second-order valence-electron chi connectivity index (χ2n) is 7.00. The number of hydrogen-bond acceptors (Lipinski definition) is 4. The van der Waals surface area contributed by atoms with Crippen molar-refractivity contribution in [1.82, 2.24) is 4.98 Å². The number of nitrogens with zero attached hydrogens (tertiary/aromatic N) is 1. The molecule has 1 aromatic heterocycles. The highest BCUT2D eigenvalue weighted by Gasteiger charge is 2.17. The normalized spacial score (nSPS) is 13.6. The predicted octanol–water partition coefficient (Wildman–Crippen LogP) is 4.37. The van der Waals surface area contributed by atoms with Gasteiger partial charge in [0, 0.05) is 17.6 Å². The lowest BCUT2D eigenvalue weighted by Gasteiger charge is -2.17. The summed E-state index contributed by atoms with van der Waals surface area (Å²) in [7, 11) is -3.60. The zero-order valence-electron chi connectivity index (χ0n) is 15.6. The molecular formula is C22H23N3O2S. The van der Waals surface area contributed by atoms with Crippen LogP contribution in [0.5, 0.6) is 0 Å². The Labute approximate surface area is 165 Å². The maximum Gasteiger partial charge on any atom is 0.261 e. The summed E-state index contributed by atoms with van der Waals surface area (Å²) in [5, 5.41) is 3.28. The average Bonchev–Trinajstić information content (AvgIpc) is 2.73. The van der Waals surface area contributed by atoms with Crippen molar-refractivity contribution in [1.29, 1.82) is 0 Å². The Bertz CT molecular complexity index is 1050. The number of anilines is 2. The van der Waals surface area contributed by atoms with Gasteiger partial charge in [0.05, 0.1) is 17.1 Å². The first-order valence-corrected chi connectivity index (χ1v) is 11.0. The Morgan fingerprint density at radius 3 is 2.36 bits per heavy atom. The van der Waals surface area contributed by atoms with Crippen LogP contribution in [0.4, 0.5) is 11.4 Å². The summed E-state index contributed by atoms with van der Waals surface area (Å²) in [6, 6.07) is 18.5. The number of nitrogens with one attached hydrogen (secondary N) is 2. The van der Waals surface area contributed by atoms with Crippen molar-refractivity contribution in [2.24, 2.45) is 0 Å². The molecule has 144 valence electrons. The number of aryl methyl sites for hydroxylation is 2. The lowest BCUT2D eigenvalue weighted by molar-refractivity contribution is 0.600. The Morgan fingerprint density at radius 2 is 1.61 bits per heavy atom. The third-order valence-electron chi connectivity index (χ3n) is 4.97. The number of hydrogen-bond donors (Lipinski definition) is 2. The molecule has 3 aromatic rings. The molecular weight excluding hydrogens is 370 g/mol. The van der Waals surface area contributed by atoms with Crippen molar-refractivity contribution in [3.63, 3.8) is 0 Å². The highest BCUT2D eigenvalue weighted by atomic mass is 32.2. The van der Waals surface area contributed by atoms with Crippen LogP contribution >= 0.6 is 0 Å². The molecule has 0 saturated carbocycles. The monoisotopic (exact) mass is 393 g/mol. The highest BCUT2D eigenvalue weighted by Crippen LogP contribution is 2.25. The minimum Gasteiger partial charge on any atom is -0.379 e. The topological polar surface area (TPSA) is 71.1 Å². The van der Waals surface area contributed by atoms with Gasteiger partial charge in [0.15, 0.2) is 0 Å². The molecule has 0 bridgehead atoms. The van der Waals surface area contributed by atoms with Crippen LogP contribution in [0.25, 0.3) is 0 Å². The van der Waals surface area contributed by atoms with E-state index in [1.54, 1.807) is 24.4 Å². The van der Waals surface area contributed by atoms with Crippen LogP contribution in [-0.2, 0) is 29.4 Å². The number of sulfonamides is 1. The van der Waals surface area contributed by atoms with Gasteiger partial charge in [-0.15, -0.1) is 0 Å². The van der Waals surface area contributed by atoms with Crippen LogP contribution in [0.2, 0.25) is 0 Å². The quantitative estimate of drug-likeness (QED) is 0.652. The van der Waals surface area contributed by atoms with E-state index in [1.807, 2.05) is 42.5 Å². The van der Waals surface area contributed by atoms with Gasteiger partial charge in [0.1, 0.15) is 0 Å². The molecule has 4 rings (SSSR count). The van der Waals surface area contributed by atoms with Crippen molar-refractivity contribution in [2.45, 2.75) is 37.1 Å². The fourth-order valence-corrected chi connectivity index (χ4v) is 4.55. The van der Waals surface area contributed by atoms with Gasteiger partial charge < -0.3 is 5.32 Å². The van der Waals surface area contributed by atoms with Gasteiger partial charge in [0.25, 0.3) is 10.0 Å².